The number of aromatic nitrogens is 3. The zero-order valence-corrected chi connectivity index (χ0v) is 14.9. The zero-order valence-electron chi connectivity index (χ0n) is 14.1. The molecule has 0 amide bonds. The van der Waals surface area contributed by atoms with E-state index in [1.54, 1.807) is 11.8 Å². The van der Waals surface area contributed by atoms with Crippen LogP contribution < -0.4 is 0 Å². The van der Waals surface area contributed by atoms with E-state index in [2.05, 4.69) is 33.8 Å². The van der Waals surface area contributed by atoms with Crippen molar-refractivity contribution < 1.29 is 9.47 Å². The third-order valence-corrected chi connectivity index (χ3v) is 4.16. The SMILES string of the molecule is CCOC(Cn1c(Cc2ccccc2)nnc1SCC)OCC. The lowest BCUT2D eigenvalue weighted by Gasteiger charge is -2.19. The molecular formula is C17H25N3O2S. The van der Waals surface area contributed by atoms with Gasteiger partial charge in [0, 0.05) is 19.6 Å². The fraction of sp³-hybridized carbons (Fsp3) is 0.529. The first kappa shape index (κ1) is 18.0. The van der Waals surface area contributed by atoms with Gasteiger partial charge in [-0.2, -0.15) is 0 Å². The van der Waals surface area contributed by atoms with Crippen LogP contribution in [-0.2, 0) is 22.4 Å². The summed E-state index contributed by atoms with van der Waals surface area (Å²) in [5.74, 6) is 1.90. The Hall–Kier alpha value is -1.37. The minimum absolute atomic E-state index is 0.272. The van der Waals surface area contributed by atoms with Crippen LogP contribution in [0.2, 0.25) is 0 Å². The smallest absolute Gasteiger partial charge is 0.191 e. The van der Waals surface area contributed by atoms with Crippen molar-refractivity contribution in [3.8, 4) is 0 Å². The molecule has 23 heavy (non-hydrogen) atoms. The molecule has 5 nitrogen and oxygen atoms in total. The summed E-state index contributed by atoms with van der Waals surface area (Å²) in [5.41, 5.74) is 1.22. The Balaban J connectivity index is 2.21. The molecule has 0 spiro atoms. The molecule has 0 saturated carbocycles. The Morgan fingerprint density at radius 1 is 1.04 bits per heavy atom. The molecule has 0 radical (unpaired) electrons. The molecule has 6 heteroatoms. The molecule has 0 atom stereocenters. The number of hydrogen-bond donors (Lipinski definition) is 0. The summed E-state index contributed by atoms with van der Waals surface area (Å²) in [7, 11) is 0. The maximum Gasteiger partial charge on any atom is 0.191 e. The van der Waals surface area contributed by atoms with Crippen LogP contribution in [0.1, 0.15) is 32.2 Å². The summed E-state index contributed by atoms with van der Waals surface area (Å²) >= 11 is 1.69. The van der Waals surface area contributed by atoms with Crippen molar-refractivity contribution in [3.05, 3.63) is 41.7 Å². The van der Waals surface area contributed by atoms with Gasteiger partial charge >= 0.3 is 0 Å². The van der Waals surface area contributed by atoms with Gasteiger partial charge in [0.05, 0.1) is 6.54 Å². The van der Waals surface area contributed by atoms with Crippen LogP contribution >= 0.6 is 11.8 Å². The summed E-state index contributed by atoms with van der Waals surface area (Å²) in [5, 5.41) is 9.64. The van der Waals surface area contributed by atoms with Crippen LogP contribution in [0.25, 0.3) is 0 Å². The standard InChI is InChI=1S/C17H25N3O2S/c1-4-21-16(22-5-2)13-20-15(18-19-17(20)23-6-3)12-14-10-8-7-9-11-14/h7-11,16H,4-6,12-13H2,1-3H3. The highest BCUT2D eigenvalue weighted by Crippen LogP contribution is 2.19. The monoisotopic (exact) mass is 335 g/mol. The highest BCUT2D eigenvalue weighted by molar-refractivity contribution is 7.99. The molecule has 126 valence electrons. The second-order valence-corrected chi connectivity index (χ2v) is 6.18. The molecule has 0 N–H and O–H groups in total. The molecule has 2 rings (SSSR count). The first-order chi connectivity index (χ1) is 11.3. The molecule has 0 fully saturated rings. The fourth-order valence-corrected chi connectivity index (χ4v) is 3.01. The summed E-state index contributed by atoms with van der Waals surface area (Å²) in [6.45, 7) is 7.92. The molecule has 0 saturated heterocycles. The normalized spacial score (nSPS) is 11.3. The second-order valence-electron chi connectivity index (χ2n) is 4.95. The van der Waals surface area contributed by atoms with Crippen LogP contribution in [-0.4, -0.2) is 40.0 Å². The minimum Gasteiger partial charge on any atom is -0.351 e. The van der Waals surface area contributed by atoms with Gasteiger partial charge in [-0.05, 0) is 25.2 Å². The van der Waals surface area contributed by atoms with Crippen molar-refractivity contribution in [3.63, 3.8) is 0 Å². The number of thioether (sulfide) groups is 1. The van der Waals surface area contributed by atoms with E-state index in [4.69, 9.17) is 9.47 Å². The van der Waals surface area contributed by atoms with E-state index in [9.17, 15) is 0 Å². The number of hydrogen-bond acceptors (Lipinski definition) is 5. The molecule has 0 aliphatic heterocycles. The Bertz CT molecular complexity index is 568. The topological polar surface area (TPSA) is 49.2 Å². The molecule has 0 aliphatic rings. The summed E-state index contributed by atoms with van der Waals surface area (Å²) in [4.78, 5) is 0. The maximum atomic E-state index is 5.69. The summed E-state index contributed by atoms with van der Waals surface area (Å²) in [6.07, 6.45) is 0.482. The Kier molecular flexibility index (Phi) is 7.58. The van der Waals surface area contributed by atoms with Gasteiger partial charge in [0.2, 0.25) is 0 Å². The van der Waals surface area contributed by atoms with Crippen LogP contribution in [0, 0.1) is 0 Å². The molecule has 0 aliphatic carbocycles. The lowest BCUT2D eigenvalue weighted by Crippen LogP contribution is -2.25. The highest BCUT2D eigenvalue weighted by atomic mass is 32.2. The first-order valence-corrected chi connectivity index (χ1v) is 9.09. The van der Waals surface area contributed by atoms with Crippen molar-refractivity contribution in [1.82, 2.24) is 14.8 Å². The average Bonchev–Trinajstić information content (AvgIpc) is 2.91. The molecule has 2 aromatic rings. The van der Waals surface area contributed by atoms with E-state index in [0.717, 1.165) is 23.2 Å². The maximum absolute atomic E-state index is 5.69. The Labute approximate surface area is 142 Å². The summed E-state index contributed by atoms with van der Waals surface area (Å²) < 4.78 is 13.5. The van der Waals surface area contributed by atoms with Gasteiger partial charge in [-0.1, -0.05) is 49.0 Å². The van der Waals surface area contributed by atoms with Gasteiger partial charge in [0.1, 0.15) is 5.82 Å². The summed E-state index contributed by atoms with van der Waals surface area (Å²) in [6, 6.07) is 10.3. The zero-order chi connectivity index (χ0) is 16.5. The molecule has 0 bridgehead atoms. The van der Waals surface area contributed by atoms with E-state index < -0.39 is 0 Å². The predicted molar refractivity (Wildman–Crippen MR) is 92.7 cm³/mol. The molecule has 1 aromatic carbocycles. The van der Waals surface area contributed by atoms with Crippen LogP contribution in [0.15, 0.2) is 35.5 Å². The predicted octanol–water partition coefficient (Wildman–Crippen LogP) is 3.38. The van der Waals surface area contributed by atoms with E-state index in [0.29, 0.717) is 19.8 Å². The van der Waals surface area contributed by atoms with Gasteiger partial charge < -0.3 is 14.0 Å². The largest absolute Gasteiger partial charge is 0.351 e. The van der Waals surface area contributed by atoms with Gasteiger partial charge in [0.15, 0.2) is 11.4 Å². The number of rotatable bonds is 10. The lowest BCUT2D eigenvalue weighted by atomic mass is 10.1. The number of ether oxygens (including phenoxy) is 2. The van der Waals surface area contributed by atoms with E-state index in [1.165, 1.54) is 5.56 Å². The van der Waals surface area contributed by atoms with E-state index >= 15 is 0 Å². The van der Waals surface area contributed by atoms with Crippen LogP contribution in [0.4, 0.5) is 0 Å². The minimum atomic E-state index is -0.272. The highest BCUT2D eigenvalue weighted by Gasteiger charge is 2.17. The first-order valence-electron chi connectivity index (χ1n) is 8.10. The number of benzene rings is 1. The third-order valence-electron chi connectivity index (χ3n) is 3.31. The van der Waals surface area contributed by atoms with Crippen LogP contribution in [0.3, 0.4) is 0 Å². The Morgan fingerprint density at radius 3 is 2.35 bits per heavy atom. The van der Waals surface area contributed by atoms with E-state index in [-0.39, 0.29) is 6.29 Å². The van der Waals surface area contributed by atoms with Gasteiger partial charge in [-0.3, -0.25) is 0 Å². The fourth-order valence-electron chi connectivity index (χ4n) is 2.32. The quantitative estimate of drug-likeness (QED) is 0.492. The van der Waals surface area contributed by atoms with Crippen LogP contribution in [0.5, 0.6) is 0 Å². The lowest BCUT2D eigenvalue weighted by molar-refractivity contribution is -0.144. The van der Waals surface area contributed by atoms with Gasteiger partial charge in [-0.15, -0.1) is 10.2 Å². The Morgan fingerprint density at radius 2 is 1.74 bits per heavy atom. The number of nitrogens with zero attached hydrogens (tertiary/aromatic N) is 3. The van der Waals surface area contributed by atoms with Gasteiger partial charge in [0.25, 0.3) is 0 Å². The van der Waals surface area contributed by atoms with Crippen molar-refractivity contribution in [2.75, 3.05) is 19.0 Å². The third kappa shape index (κ3) is 5.34. The second kappa shape index (κ2) is 9.70. The molecule has 1 aromatic heterocycles. The molecule has 1 heterocycles. The molecule has 0 unspecified atom stereocenters. The van der Waals surface area contributed by atoms with E-state index in [1.807, 2.05) is 32.0 Å². The van der Waals surface area contributed by atoms with Crippen molar-refractivity contribution >= 4 is 11.8 Å². The van der Waals surface area contributed by atoms with Gasteiger partial charge in [-0.25, -0.2) is 0 Å². The average molecular weight is 335 g/mol. The molecular weight excluding hydrogens is 310 g/mol. The van der Waals surface area contributed by atoms with Crippen molar-refractivity contribution in [1.29, 1.82) is 0 Å². The van der Waals surface area contributed by atoms with Crippen molar-refractivity contribution in [2.24, 2.45) is 0 Å². The van der Waals surface area contributed by atoms with Crippen molar-refractivity contribution in [2.45, 2.75) is 45.2 Å².